The molecule has 146 valence electrons. The summed E-state index contributed by atoms with van der Waals surface area (Å²) in [6.07, 6.45) is 1.81. The fourth-order valence-corrected chi connectivity index (χ4v) is 4.88. The highest BCUT2D eigenvalue weighted by atomic mass is 32.1. The maximum absolute atomic E-state index is 13.2. The lowest BCUT2D eigenvalue weighted by molar-refractivity contribution is 0.902. The molecule has 1 aliphatic heterocycles. The molecule has 1 aliphatic rings. The number of aromatic nitrogens is 1. The van der Waals surface area contributed by atoms with E-state index in [1.165, 1.54) is 15.9 Å². The number of nitriles is 2. The number of nitrogens with two attached hydrogens (primary N) is 1. The van der Waals surface area contributed by atoms with Crippen LogP contribution in [0.25, 0.3) is 17.5 Å². The molecule has 0 aliphatic carbocycles. The number of nitrogens with zero attached hydrogens (tertiary/aromatic N) is 3. The molecule has 1 atom stereocenters. The van der Waals surface area contributed by atoms with Crippen LogP contribution in [0.3, 0.4) is 0 Å². The van der Waals surface area contributed by atoms with Crippen LogP contribution in [0, 0.1) is 36.5 Å². The fourth-order valence-electron chi connectivity index (χ4n) is 3.76. The van der Waals surface area contributed by atoms with Gasteiger partial charge in [0.15, 0.2) is 0 Å². The number of hydrogen-bond acceptors (Lipinski definition) is 5. The Kier molecular flexibility index (Phi) is 4.87. The van der Waals surface area contributed by atoms with E-state index in [1.807, 2.05) is 68.5 Å². The predicted octanol–water partition coefficient (Wildman–Crippen LogP) is 2.48. The standard InChI is InChI=1S/C24H18N4OS/c1-14-7-3-5-9-16(14)11-20-23(29)28-22(27)18(12-25)21(19(13-26)24(28)30-20)17-10-6-4-8-15(17)2/h3-11,21H,27H2,1-2H3/b20-11+. The molecule has 2 aromatic carbocycles. The van der Waals surface area contributed by atoms with Crippen molar-refractivity contribution in [3.63, 3.8) is 0 Å². The van der Waals surface area contributed by atoms with E-state index in [-0.39, 0.29) is 17.0 Å². The summed E-state index contributed by atoms with van der Waals surface area (Å²) in [6.45, 7) is 3.91. The summed E-state index contributed by atoms with van der Waals surface area (Å²) in [4.78, 5) is 13.2. The van der Waals surface area contributed by atoms with Gasteiger partial charge in [0.1, 0.15) is 10.5 Å². The lowest BCUT2D eigenvalue weighted by Gasteiger charge is -2.23. The summed E-state index contributed by atoms with van der Waals surface area (Å²) in [5, 5.41) is 19.9. The monoisotopic (exact) mass is 410 g/mol. The first-order chi connectivity index (χ1) is 14.5. The molecule has 0 bridgehead atoms. The molecule has 1 aromatic heterocycles. The molecule has 2 heterocycles. The fraction of sp³-hybridized carbons (Fsp3) is 0.125. The van der Waals surface area contributed by atoms with E-state index in [9.17, 15) is 15.3 Å². The van der Waals surface area contributed by atoms with Gasteiger partial charge < -0.3 is 5.73 Å². The summed E-state index contributed by atoms with van der Waals surface area (Å²) in [5.74, 6) is -0.504. The summed E-state index contributed by atoms with van der Waals surface area (Å²) >= 11 is 1.23. The molecule has 0 spiro atoms. The summed E-state index contributed by atoms with van der Waals surface area (Å²) in [6, 6.07) is 19.8. The second-order valence-corrected chi connectivity index (χ2v) is 8.17. The van der Waals surface area contributed by atoms with Gasteiger partial charge in [-0.3, -0.25) is 9.36 Å². The Bertz CT molecular complexity index is 1470. The van der Waals surface area contributed by atoms with Crippen molar-refractivity contribution in [1.29, 1.82) is 10.5 Å². The number of hydrogen-bond donors (Lipinski definition) is 1. The maximum Gasteiger partial charge on any atom is 0.274 e. The van der Waals surface area contributed by atoms with Crippen molar-refractivity contribution in [2.75, 3.05) is 0 Å². The van der Waals surface area contributed by atoms with Gasteiger partial charge in [0.2, 0.25) is 0 Å². The smallest absolute Gasteiger partial charge is 0.274 e. The third-order valence-electron chi connectivity index (χ3n) is 5.36. The third kappa shape index (κ3) is 2.95. The zero-order chi connectivity index (χ0) is 21.4. The van der Waals surface area contributed by atoms with Gasteiger partial charge in [-0.2, -0.15) is 10.5 Å². The van der Waals surface area contributed by atoms with Crippen LogP contribution in [-0.2, 0) is 0 Å². The minimum absolute atomic E-state index is 0.0884. The minimum Gasteiger partial charge on any atom is -0.384 e. The Labute approximate surface area is 177 Å². The second-order valence-electron chi connectivity index (χ2n) is 7.14. The molecule has 1 unspecified atom stereocenters. The quantitative estimate of drug-likeness (QED) is 0.702. The zero-order valence-electron chi connectivity index (χ0n) is 16.5. The molecule has 0 fully saturated rings. The van der Waals surface area contributed by atoms with Crippen molar-refractivity contribution in [3.05, 3.63) is 95.9 Å². The van der Waals surface area contributed by atoms with Crippen molar-refractivity contribution in [2.24, 2.45) is 5.73 Å². The van der Waals surface area contributed by atoms with Gasteiger partial charge in [0.25, 0.3) is 5.56 Å². The first kappa shape index (κ1) is 19.4. The molecule has 6 heteroatoms. The Hall–Kier alpha value is -3.87. The number of allylic oxidation sites excluding steroid dienone is 1. The molecule has 0 amide bonds. The van der Waals surface area contributed by atoms with Gasteiger partial charge in [0.05, 0.1) is 33.7 Å². The lowest BCUT2D eigenvalue weighted by atomic mass is 9.82. The van der Waals surface area contributed by atoms with Crippen LogP contribution >= 0.6 is 11.3 Å². The number of rotatable bonds is 2. The van der Waals surface area contributed by atoms with E-state index in [0.29, 0.717) is 14.8 Å². The van der Waals surface area contributed by atoms with E-state index in [0.717, 1.165) is 22.3 Å². The van der Waals surface area contributed by atoms with Crippen LogP contribution in [0.2, 0.25) is 0 Å². The topological polar surface area (TPSA) is 95.6 Å². The molecule has 3 aromatic rings. The van der Waals surface area contributed by atoms with Crippen LogP contribution in [0.15, 0.2) is 58.9 Å². The minimum atomic E-state index is -0.592. The van der Waals surface area contributed by atoms with Crippen LogP contribution < -0.4 is 20.5 Å². The number of thiazole rings is 1. The Morgan fingerprint density at radius 2 is 1.63 bits per heavy atom. The average molecular weight is 411 g/mol. The lowest BCUT2D eigenvalue weighted by Crippen LogP contribution is -2.38. The largest absolute Gasteiger partial charge is 0.384 e. The van der Waals surface area contributed by atoms with E-state index in [4.69, 9.17) is 5.73 Å². The van der Waals surface area contributed by atoms with E-state index in [2.05, 4.69) is 12.1 Å². The Morgan fingerprint density at radius 3 is 2.27 bits per heavy atom. The summed E-state index contributed by atoms with van der Waals surface area (Å²) < 4.78 is 2.26. The number of fused-ring (bicyclic) bond motifs is 1. The summed E-state index contributed by atoms with van der Waals surface area (Å²) in [5.41, 5.74) is 10.3. The summed E-state index contributed by atoms with van der Waals surface area (Å²) in [7, 11) is 0. The Balaban J connectivity index is 2.10. The van der Waals surface area contributed by atoms with E-state index < -0.39 is 5.92 Å². The van der Waals surface area contributed by atoms with Crippen molar-refractivity contribution in [1.82, 2.24) is 4.57 Å². The highest BCUT2D eigenvalue weighted by Crippen LogP contribution is 2.36. The van der Waals surface area contributed by atoms with Gasteiger partial charge in [-0.25, -0.2) is 0 Å². The van der Waals surface area contributed by atoms with Crippen LogP contribution in [-0.4, -0.2) is 4.57 Å². The van der Waals surface area contributed by atoms with Crippen LogP contribution in [0.5, 0.6) is 0 Å². The average Bonchev–Trinajstić information content (AvgIpc) is 3.06. The van der Waals surface area contributed by atoms with Crippen LogP contribution in [0.4, 0.5) is 0 Å². The number of aryl methyl sites for hydroxylation is 2. The molecule has 0 saturated heterocycles. The first-order valence-electron chi connectivity index (χ1n) is 9.37. The highest BCUT2D eigenvalue weighted by molar-refractivity contribution is 7.07. The molecular weight excluding hydrogens is 392 g/mol. The van der Waals surface area contributed by atoms with Gasteiger partial charge in [0, 0.05) is 0 Å². The molecule has 30 heavy (non-hydrogen) atoms. The second kappa shape index (κ2) is 7.51. The third-order valence-corrected chi connectivity index (χ3v) is 6.47. The predicted molar refractivity (Wildman–Crippen MR) is 119 cm³/mol. The van der Waals surface area contributed by atoms with Gasteiger partial charge >= 0.3 is 0 Å². The van der Waals surface area contributed by atoms with Crippen molar-refractivity contribution >= 4 is 28.8 Å². The highest BCUT2D eigenvalue weighted by Gasteiger charge is 2.32. The van der Waals surface area contributed by atoms with Crippen LogP contribution in [0.1, 0.15) is 28.2 Å². The van der Waals surface area contributed by atoms with Crippen molar-refractivity contribution in [2.45, 2.75) is 19.8 Å². The molecule has 2 N–H and O–H groups in total. The van der Waals surface area contributed by atoms with Gasteiger partial charge in [-0.15, -0.1) is 11.3 Å². The van der Waals surface area contributed by atoms with E-state index in [1.54, 1.807) is 0 Å². The molecule has 5 nitrogen and oxygen atoms in total. The van der Waals surface area contributed by atoms with E-state index >= 15 is 0 Å². The van der Waals surface area contributed by atoms with Gasteiger partial charge in [-0.1, -0.05) is 48.5 Å². The SMILES string of the molecule is Cc1ccccc1/C=c1/sc2n(c1=O)C(N)=C(C#N)C(c1ccccc1C)C=2C#N. The van der Waals surface area contributed by atoms with Crippen molar-refractivity contribution < 1.29 is 0 Å². The Morgan fingerprint density at radius 1 is 1.00 bits per heavy atom. The number of benzene rings is 2. The normalized spacial score (nSPS) is 16.2. The molecule has 4 rings (SSSR count). The van der Waals surface area contributed by atoms with Gasteiger partial charge in [-0.05, 0) is 42.2 Å². The molecular formula is C24H18N4OS. The molecule has 0 radical (unpaired) electrons. The zero-order valence-corrected chi connectivity index (χ0v) is 17.3. The maximum atomic E-state index is 13.2. The molecule has 0 saturated carbocycles. The van der Waals surface area contributed by atoms with Crippen molar-refractivity contribution in [3.8, 4) is 12.1 Å². The first-order valence-corrected chi connectivity index (χ1v) is 10.2.